The molecular weight excluding hydrogens is 475 g/mol. The van der Waals surface area contributed by atoms with Crippen LogP contribution in [0.3, 0.4) is 0 Å². The van der Waals surface area contributed by atoms with Crippen molar-refractivity contribution in [2.45, 2.75) is 44.2 Å². The van der Waals surface area contributed by atoms with E-state index in [1.54, 1.807) is 11.8 Å². The van der Waals surface area contributed by atoms with Crippen LogP contribution in [0.5, 0.6) is 0 Å². The fourth-order valence-corrected chi connectivity index (χ4v) is 6.04. The molecule has 6 nitrogen and oxygen atoms in total. The number of fused-ring (bicyclic) bond motifs is 1. The molecule has 9 heteroatoms. The Morgan fingerprint density at radius 1 is 1.13 bits per heavy atom. The van der Waals surface area contributed by atoms with Crippen LogP contribution in [0.15, 0.2) is 39.7 Å². The Morgan fingerprint density at radius 3 is 2.53 bits per heavy atom. The lowest BCUT2D eigenvalue weighted by Crippen LogP contribution is -2.50. The first-order valence-electron chi connectivity index (χ1n) is 9.70. The van der Waals surface area contributed by atoms with Crippen LogP contribution in [0.1, 0.15) is 29.5 Å². The lowest BCUT2D eigenvalue weighted by atomic mass is 10.00. The smallest absolute Gasteiger partial charge is 0.414 e. The molecule has 0 atom stereocenters. The Hall–Kier alpha value is -1.97. The molecule has 0 bridgehead atoms. The Labute approximate surface area is 183 Å². The van der Waals surface area contributed by atoms with Gasteiger partial charge in [0.1, 0.15) is 17.3 Å². The van der Waals surface area contributed by atoms with E-state index < -0.39 is 21.9 Å². The third-order valence-corrected chi connectivity index (χ3v) is 8.50. The maximum absolute atomic E-state index is 14.4. The van der Waals surface area contributed by atoms with Gasteiger partial charge in [0, 0.05) is 29.2 Å². The number of nitrogens with zero attached hydrogens (tertiary/aromatic N) is 2. The molecule has 0 spiro atoms. The topological polar surface area (TPSA) is 66.9 Å². The van der Waals surface area contributed by atoms with E-state index in [2.05, 4.69) is 15.9 Å². The van der Waals surface area contributed by atoms with Gasteiger partial charge in [-0.05, 0) is 49.9 Å². The molecule has 2 heterocycles. The molecule has 160 valence electrons. The third-order valence-electron chi connectivity index (χ3n) is 5.73. The predicted molar refractivity (Wildman–Crippen MR) is 114 cm³/mol. The van der Waals surface area contributed by atoms with E-state index in [9.17, 15) is 17.6 Å². The van der Waals surface area contributed by atoms with E-state index in [1.165, 1.54) is 16.4 Å². The van der Waals surface area contributed by atoms with Crippen molar-refractivity contribution in [3.05, 3.63) is 57.3 Å². The summed E-state index contributed by atoms with van der Waals surface area (Å²) in [5.74, 6) is -0.779. The van der Waals surface area contributed by atoms with E-state index >= 15 is 0 Å². The van der Waals surface area contributed by atoms with Crippen molar-refractivity contribution in [1.82, 2.24) is 4.31 Å². The van der Waals surface area contributed by atoms with Gasteiger partial charge < -0.3 is 4.74 Å². The molecule has 1 saturated heterocycles. The quantitative estimate of drug-likeness (QED) is 0.626. The van der Waals surface area contributed by atoms with Gasteiger partial charge in [0.25, 0.3) is 0 Å². The van der Waals surface area contributed by atoms with E-state index in [-0.39, 0.29) is 30.6 Å². The van der Waals surface area contributed by atoms with E-state index in [1.807, 2.05) is 25.1 Å². The van der Waals surface area contributed by atoms with Crippen LogP contribution in [0.2, 0.25) is 0 Å². The van der Waals surface area contributed by atoms with Crippen LogP contribution < -0.4 is 4.90 Å². The summed E-state index contributed by atoms with van der Waals surface area (Å²) in [4.78, 5) is 13.9. The highest BCUT2D eigenvalue weighted by atomic mass is 79.9. The number of para-hydroxylation sites is 1. The fraction of sp³-hybridized carbons (Fsp3) is 0.381. The number of rotatable bonds is 3. The van der Waals surface area contributed by atoms with Crippen LogP contribution >= 0.6 is 15.9 Å². The predicted octanol–water partition coefficient (Wildman–Crippen LogP) is 4.51. The molecule has 2 aliphatic heterocycles. The maximum atomic E-state index is 14.4. The SMILES string of the molecule is Cc1cc(S(=O)(=O)N2CCC(N3C(=O)OCc4cccc(C)c43)CC2)c(F)cc1Br. The number of aryl methyl sites for hydroxylation is 2. The number of carbonyl (C=O) groups excluding carboxylic acids is 1. The monoisotopic (exact) mass is 496 g/mol. The van der Waals surface area contributed by atoms with Crippen LogP contribution in [0, 0.1) is 19.7 Å². The maximum Gasteiger partial charge on any atom is 0.414 e. The van der Waals surface area contributed by atoms with Crippen LogP contribution in [-0.2, 0) is 21.4 Å². The third kappa shape index (κ3) is 3.63. The highest BCUT2D eigenvalue weighted by Gasteiger charge is 2.38. The van der Waals surface area contributed by atoms with Crippen molar-refractivity contribution in [1.29, 1.82) is 0 Å². The Morgan fingerprint density at radius 2 is 1.83 bits per heavy atom. The second-order valence-electron chi connectivity index (χ2n) is 7.67. The first-order chi connectivity index (χ1) is 14.2. The molecule has 0 saturated carbocycles. The largest absolute Gasteiger partial charge is 0.444 e. The van der Waals surface area contributed by atoms with Gasteiger partial charge >= 0.3 is 6.09 Å². The van der Waals surface area contributed by atoms with Gasteiger partial charge in [0.2, 0.25) is 10.0 Å². The number of piperidine rings is 1. The molecule has 0 aliphatic carbocycles. The molecule has 1 amide bonds. The minimum atomic E-state index is -3.97. The van der Waals surface area contributed by atoms with Gasteiger partial charge in [0.05, 0.1) is 5.69 Å². The fourth-order valence-electron chi connectivity index (χ4n) is 4.12. The zero-order valence-electron chi connectivity index (χ0n) is 16.7. The Kier molecular flexibility index (Phi) is 5.63. The number of anilines is 1. The molecule has 2 aliphatic rings. The number of sulfonamides is 1. The molecular formula is C21H22BrFN2O4S. The van der Waals surface area contributed by atoms with Gasteiger partial charge in [-0.25, -0.2) is 17.6 Å². The molecule has 30 heavy (non-hydrogen) atoms. The van der Waals surface area contributed by atoms with Crippen molar-refractivity contribution < 1.29 is 22.3 Å². The zero-order valence-corrected chi connectivity index (χ0v) is 19.1. The van der Waals surface area contributed by atoms with Gasteiger partial charge in [-0.15, -0.1) is 0 Å². The summed E-state index contributed by atoms with van der Waals surface area (Å²) in [7, 11) is -3.97. The number of halogens is 2. The van der Waals surface area contributed by atoms with Crippen LogP contribution in [-0.4, -0.2) is 37.9 Å². The number of hydrogen-bond acceptors (Lipinski definition) is 4. The number of benzene rings is 2. The summed E-state index contributed by atoms with van der Waals surface area (Å²) in [6, 6.07) is 8.15. The number of amides is 1. The van der Waals surface area contributed by atoms with Crippen LogP contribution in [0.4, 0.5) is 14.9 Å². The number of ether oxygens (including phenoxy) is 1. The highest BCUT2D eigenvalue weighted by molar-refractivity contribution is 9.10. The highest BCUT2D eigenvalue weighted by Crippen LogP contribution is 2.35. The Bertz CT molecular complexity index is 1110. The summed E-state index contributed by atoms with van der Waals surface area (Å²) >= 11 is 3.22. The summed E-state index contributed by atoms with van der Waals surface area (Å²) in [6.07, 6.45) is 0.478. The number of carbonyl (C=O) groups is 1. The second-order valence-corrected chi connectivity index (χ2v) is 10.4. The lowest BCUT2D eigenvalue weighted by Gasteiger charge is -2.40. The summed E-state index contributed by atoms with van der Waals surface area (Å²) in [5.41, 5.74) is 3.42. The minimum absolute atomic E-state index is 0.180. The van der Waals surface area contributed by atoms with Crippen molar-refractivity contribution >= 4 is 37.7 Å². The van der Waals surface area contributed by atoms with Gasteiger partial charge in [0.15, 0.2) is 0 Å². The molecule has 0 unspecified atom stereocenters. The number of cyclic esters (lactones) is 1. The zero-order chi connectivity index (χ0) is 21.6. The molecule has 2 aromatic carbocycles. The molecule has 2 aromatic rings. The van der Waals surface area contributed by atoms with E-state index in [0.29, 0.717) is 22.9 Å². The summed E-state index contributed by atoms with van der Waals surface area (Å²) in [6.45, 7) is 4.31. The van der Waals surface area contributed by atoms with Crippen molar-refractivity contribution in [2.75, 3.05) is 18.0 Å². The normalized spacial score (nSPS) is 18.3. The van der Waals surface area contributed by atoms with Crippen LogP contribution in [0.25, 0.3) is 0 Å². The minimum Gasteiger partial charge on any atom is -0.444 e. The average molecular weight is 497 g/mol. The standard InChI is InChI=1S/C21H22BrFN2O4S/c1-13-4-3-5-15-12-29-21(26)25(20(13)15)16-6-8-24(9-7-16)30(27,28)19-10-14(2)17(22)11-18(19)23/h3-5,10-11,16H,6-9,12H2,1-2H3. The van der Waals surface area contributed by atoms with Gasteiger partial charge in [-0.3, -0.25) is 4.90 Å². The summed E-state index contributed by atoms with van der Waals surface area (Å²) in [5, 5.41) is 0. The van der Waals surface area contributed by atoms with Gasteiger partial charge in [-0.1, -0.05) is 34.1 Å². The molecule has 0 N–H and O–H groups in total. The van der Waals surface area contributed by atoms with Crippen molar-refractivity contribution in [3.8, 4) is 0 Å². The number of hydrogen-bond donors (Lipinski definition) is 0. The van der Waals surface area contributed by atoms with Crippen molar-refractivity contribution in [3.63, 3.8) is 0 Å². The molecule has 0 aromatic heterocycles. The average Bonchev–Trinajstić information content (AvgIpc) is 2.71. The first kappa shape index (κ1) is 21.3. The van der Waals surface area contributed by atoms with Gasteiger partial charge in [-0.2, -0.15) is 4.31 Å². The second kappa shape index (κ2) is 7.94. The van der Waals surface area contributed by atoms with Crippen molar-refractivity contribution in [2.24, 2.45) is 0 Å². The molecule has 0 radical (unpaired) electrons. The van der Waals surface area contributed by atoms with E-state index in [0.717, 1.165) is 16.8 Å². The molecule has 4 rings (SSSR count). The molecule has 1 fully saturated rings. The Balaban J connectivity index is 1.57. The first-order valence-corrected chi connectivity index (χ1v) is 11.9. The summed E-state index contributed by atoms with van der Waals surface area (Å²) < 4.78 is 47.6. The van der Waals surface area contributed by atoms with E-state index in [4.69, 9.17) is 4.74 Å². The lowest BCUT2D eigenvalue weighted by molar-refractivity contribution is 0.135.